The van der Waals surface area contributed by atoms with Gasteiger partial charge >= 0.3 is 0 Å². The van der Waals surface area contributed by atoms with E-state index >= 15 is 0 Å². The van der Waals surface area contributed by atoms with Crippen molar-refractivity contribution in [1.82, 2.24) is 4.31 Å². The average molecular weight is 297 g/mol. The van der Waals surface area contributed by atoms with E-state index in [0.717, 1.165) is 11.1 Å². The lowest BCUT2D eigenvalue weighted by Crippen LogP contribution is -2.14. The molecule has 2 atom stereocenters. The number of benzene rings is 2. The van der Waals surface area contributed by atoms with Crippen LogP contribution in [0, 0.1) is 18.8 Å². The first-order chi connectivity index (χ1) is 10.1. The lowest BCUT2D eigenvalue weighted by atomic mass is 10.2. The minimum atomic E-state index is -3.41. The van der Waals surface area contributed by atoms with Crippen molar-refractivity contribution in [3.05, 3.63) is 65.7 Å². The van der Waals surface area contributed by atoms with Crippen LogP contribution >= 0.6 is 0 Å². The van der Waals surface area contributed by atoms with Crippen molar-refractivity contribution in [1.29, 1.82) is 0 Å². The molecule has 0 bridgehead atoms. The van der Waals surface area contributed by atoms with Gasteiger partial charge in [-0.2, -0.15) is 4.31 Å². The van der Waals surface area contributed by atoms with E-state index < -0.39 is 10.0 Å². The normalized spacial score (nSPS) is 20.4. The van der Waals surface area contributed by atoms with Crippen LogP contribution in [0.15, 0.2) is 59.5 Å². The molecule has 1 aliphatic rings. The van der Waals surface area contributed by atoms with Gasteiger partial charge in [0.15, 0.2) is 0 Å². The monoisotopic (exact) mass is 297 g/mol. The third kappa shape index (κ3) is 2.99. The highest BCUT2D eigenvalue weighted by Gasteiger charge is 2.43. The van der Waals surface area contributed by atoms with Gasteiger partial charge in [0.1, 0.15) is 6.04 Å². The Balaban J connectivity index is 1.76. The Morgan fingerprint density at radius 3 is 2.38 bits per heavy atom. The molecule has 106 valence electrons. The highest BCUT2D eigenvalue weighted by atomic mass is 32.2. The van der Waals surface area contributed by atoms with E-state index in [1.165, 1.54) is 4.31 Å². The Morgan fingerprint density at radius 1 is 1.05 bits per heavy atom. The summed E-state index contributed by atoms with van der Waals surface area (Å²) in [5.41, 5.74) is 1.94. The van der Waals surface area contributed by atoms with E-state index in [9.17, 15) is 8.42 Å². The van der Waals surface area contributed by atoms with Crippen molar-refractivity contribution >= 4 is 10.0 Å². The first-order valence-corrected chi connectivity index (χ1v) is 8.16. The van der Waals surface area contributed by atoms with Gasteiger partial charge in [-0.25, -0.2) is 8.42 Å². The maximum Gasteiger partial charge on any atom is 0.244 e. The Labute approximate surface area is 125 Å². The van der Waals surface area contributed by atoms with E-state index in [-0.39, 0.29) is 6.04 Å². The second kappa shape index (κ2) is 5.36. The molecule has 1 aliphatic heterocycles. The zero-order valence-electron chi connectivity index (χ0n) is 11.7. The number of sulfonamides is 1. The van der Waals surface area contributed by atoms with Gasteiger partial charge in [-0.15, -0.1) is 0 Å². The van der Waals surface area contributed by atoms with Gasteiger partial charge in [-0.3, -0.25) is 0 Å². The van der Waals surface area contributed by atoms with Gasteiger partial charge in [-0.1, -0.05) is 47.7 Å². The topological polar surface area (TPSA) is 37.1 Å². The lowest BCUT2D eigenvalue weighted by molar-refractivity contribution is 0.559. The van der Waals surface area contributed by atoms with Crippen LogP contribution in [0.4, 0.5) is 0 Å². The molecule has 3 nitrogen and oxygen atoms in total. The number of nitrogens with zero attached hydrogens (tertiary/aromatic N) is 1. The lowest BCUT2D eigenvalue weighted by Gasteiger charge is -2.04. The molecule has 0 radical (unpaired) electrons. The van der Waals surface area contributed by atoms with E-state index in [1.807, 2.05) is 37.3 Å². The molecule has 21 heavy (non-hydrogen) atoms. The second-order valence-corrected chi connectivity index (χ2v) is 6.93. The Bertz CT molecular complexity index is 799. The molecular weight excluding hydrogens is 282 g/mol. The molecule has 0 saturated carbocycles. The molecule has 0 aromatic heterocycles. The van der Waals surface area contributed by atoms with E-state index in [4.69, 9.17) is 0 Å². The Kier molecular flexibility index (Phi) is 3.54. The van der Waals surface area contributed by atoms with Gasteiger partial charge < -0.3 is 0 Å². The maximum absolute atomic E-state index is 12.4. The van der Waals surface area contributed by atoms with Gasteiger partial charge in [0, 0.05) is 12.1 Å². The zero-order valence-corrected chi connectivity index (χ0v) is 12.5. The van der Waals surface area contributed by atoms with E-state index in [1.54, 1.807) is 24.3 Å². The van der Waals surface area contributed by atoms with Crippen LogP contribution in [0.1, 0.15) is 11.1 Å². The molecule has 0 N–H and O–H groups in total. The van der Waals surface area contributed by atoms with Gasteiger partial charge in [0.2, 0.25) is 10.0 Å². The summed E-state index contributed by atoms with van der Waals surface area (Å²) in [5.74, 6) is 6.02. The molecule has 2 aromatic carbocycles. The molecule has 0 aliphatic carbocycles. The first kappa shape index (κ1) is 13.9. The molecule has 3 rings (SSSR count). The fourth-order valence-corrected chi connectivity index (χ4v) is 3.52. The van der Waals surface area contributed by atoms with Crippen molar-refractivity contribution in [3.63, 3.8) is 0 Å². The summed E-state index contributed by atoms with van der Waals surface area (Å²) in [5, 5.41) is 0. The summed E-state index contributed by atoms with van der Waals surface area (Å²) >= 11 is 0. The average Bonchev–Trinajstić information content (AvgIpc) is 3.27. The second-order valence-electron chi connectivity index (χ2n) is 5.04. The summed E-state index contributed by atoms with van der Waals surface area (Å²) in [6, 6.07) is 16.3. The number of hydrogen-bond donors (Lipinski definition) is 0. The molecule has 4 heteroatoms. The maximum atomic E-state index is 12.4. The quantitative estimate of drug-likeness (QED) is 0.630. The van der Waals surface area contributed by atoms with Crippen LogP contribution in [-0.4, -0.2) is 25.3 Å². The number of aryl methyl sites for hydroxylation is 1. The van der Waals surface area contributed by atoms with Gasteiger partial charge in [0.05, 0.1) is 4.90 Å². The van der Waals surface area contributed by atoms with Crippen molar-refractivity contribution in [2.45, 2.75) is 17.9 Å². The van der Waals surface area contributed by atoms with Crippen LogP contribution in [0.3, 0.4) is 0 Å². The number of hydrogen-bond acceptors (Lipinski definition) is 2. The fourth-order valence-electron chi connectivity index (χ4n) is 2.04. The van der Waals surface area contributed by atoms with Gasteiger partial charge in [0.25, 0.3) is 0 Å². The highest BCUT2D eigenvalue weighted by molar-refractivity contribution is 7.89. The fraction of sp³-hybridized carbons (Fsp3) is 0.176. The van der Waals surface area contributed by atoms with Crippen molar-refractivity contribution < 1.29 is 8.42 Å². The molecule has 1 fully saturated rings. The Hall–Kier alpha value is -2.09. The van der Waals surface area contributed by atoms with Crippen molar-refractivity contribution in [2.24, 2.45) is 0 Å². The molecule has 2 aromatic rings. The number of rotatable bonds is 2. The SMILES string of the molecule is Cc1ccc(S(=O)(=O)N2CC2C#Cc2ccccc2)cc1. The van der Waals surface area contributed by atoms with Crippen LogP contribution in [0.25, 0.3) is 0 Å². The smallest absolute Gasteiger partial charge is 0.207 e. The highest BCUT2D eigenvalue weighted by Crippen LogP contribution is 2.27. The van der Waals surface area contributed by atoms with Crippen LogP contribution in [-0.2, 0) is 10.0 Å². The summed E-state index contributed by atoms with van der Waals surface area (Å²) in [6.45, 7) is 2.40. The molecule has 2 unspecified atom stereocenters. The molecule has 0 spiro atoms. The van der Waals surface area contributed by atoms with Crippen LogP contribution in [0.5, 0.6) is 0 Å². The predicted molar refractivity (Wildman–Crippen MR) is 82.2 cm³/mol. The summed E-state index contributed by atoms with van der Waals surface area (Å²) in [6.07, 6.45) is 0. The van der Waals surface area contributed by atoms with Crippen LogP contribution in [0.2, 0.25) is 0 Å². The summed E-state index contributed by atoms with van der Waals surface area (Å²) in [4.78, 5) is 0.331. The summed E-state index contributed by atoms with van der Waals surface area (Å²) in [7, 11) is -3.41. The molecular formula is C17H15NO2S. The van der Waals surface area contributed by atoms with E-state index in [0.29, 0.717) is 11.4 Å². The third-order valence-corrected chi connectivity index (χ3v) is 5.24. The molecule has 1 saturated heterocycles. The Morgan fingerprint density at radius 2 is 1.71 bits per heavy atom. The molecule has 1 heterocycles. The summed E-state index contributed by atoms with van der Waals surface area (Å²) < 4.78 is 26.2. The predicted octanol–water partition coefficient (Wildman–Crippen LogP) is 2.42. The minimum absolute atomic E-state index is 0.212. The van der Waals surface area contributed by atoms with Crippen molar-refractivity contribution in [2.75, 3.05) is 6.54 Å². The minimum Gasteiger partial charge on any atom is -0.207 e. The largest absolute Gasteiger partial charge is 0.244 e. The third-order valence-electron chi connectivity index (χ3n) is 3.35. The van der Waals surface area contributed by atoms with Crippen LogP contribution < -0.4 is 0 Å². The standard InChI is InChI=1S/C17H15NO2S/c1-14-7-11-17(12-8-14)21(19,20)18-13-16(18)10-9-15-5-3-2-4-6-15/h2-8,11-12,16H,13H2,1H3. The van der Waals surface area contributed by atoms with Crippen molar-refractivity contribution in [3.8, 4) is 11.8 Å². The molecule has 0 amide bonds. The van der Waals surface area contributed by atoms with E-state index in [2.05, 4.69) is 11.8 Å². The van der Waals surface area contributed by atoms with Gasteiger partial charge in [-0.05, 0) is 31.2 Å². The first-order valence-electron chi connectivity index (χ1n) is 6.72. The zero-order chi connectivity index (χ0) is 14.9.